The van der Waals surface area contributed by atoms with Crippen molar-refractivity contribution in [2.24, 2.45) is 10.1 Å². The van der Waals surface area contributed by atoms with Gasteiger partial charge in [-0.25, -0.2) is 4.99 Å². The van der Waals surface area contributed by atoms with E-state index in [2.05, 4.69) is 27.7 Å². The highest BCUT2D eigenvalue weighted by atomic mass is 79.9. The van der Waals surface area contributed by atoms with Gasteiger partial charge in [-0.1, -0.05) is 60.3 Å². The Bertz CT molecular complexity index is 612. The number of para-hydroxylation sites is 1. The maximum Gasteiger partial charge on any atom is 0.182 e. The maximum absolute atomic E-state index is 4.51. The quantitative estimate of drug-likeness (QED) is 0.891. The molecule has 0 aromatic heterocycles. The molecule has 102 valence electrons. The third-order valence-corrected chi connectivity index (χ3v) is 3.60. The number of amidine groups is 1. The molecular weight excluding hydrogens is 334 g/mol. The van der Waals surface area contributed by atoms with Crippen LogP contribution in [0, 0.1) is 0 Å². The molecule has 0 amide bonds. The average molecular weight is 348 g/mol. The van der Waals surface area contributed by atoms with Crippen LogP contribution in [0.4, 0.5) is 5.69 Å². The topological polar surface area (TPSA) is 36.8 Å². The highest BCUT2D eigenvalue weighted by molar-refractivity contribution is 8.93. The first-order chi connectivity index (χ1) is 9.42. The van der Waals surface area contributed by atoms with Crippen LogP contribution in [0.5, 0.6) is 0 Å². The van der Waals surface area contributed by atoms with E-state index < -0.39 is 0 Å². The van der Waals surface area contributed by atoms with E-state index in [4.69, 9.17) is 0 Å². The average Bonchev–Trinajstić information content (AvgIpc) is 2.50. The van der Waals surface area contributed by atoms with Gasteiger partial charge in [-0.15, -0.1) is 17.0 Å². The Morgan fingerprint density at radius 3 is 2.20 bits per heavy atom. The predicted octanol–water partition coefficient (Wildman–Crippen LogP) is 3.99. The van der Waals surface area contributed by atoms with Crippen molar-refractivity contribution in [2.75, 3.05) is 5.75 Å². The zero-order valence-corrected chi connectivity index (χ0v) is 13.2. The predicted molar refractivity (Wildman–Crippen MR) is 92.4 cm³/mol. The van der Waals surface area contributed by atoms with Crippen molar-refractivity contribution in [1.29, 1.82) is 0 Å². The second-order valence-corrected chi connectivity index (χ2v) is 5.04. The van der Waals surface area contributed by atoms with Crippen molar-refractivity contribution < 1.29 is 0 Å². The van der Waals surface area contributed by atoms with Gasteiger partial charge in [0.25, 0.3) is 0 Å². The lowest BCUT2D eigenvalue weighted by atomic mass is 10.1. The van der Waals surface area contributed by atoms with Crippen molar-refractivity contribution in [3.8, 4) is 0 Å². The zero-order chi connectivity index (χ0) is 12.9. The highest BCUT2D eigenvalue weighted by Gasteiger charge is 2.12. The molecule has 0 fully saturated rings. The third-order valence-electron chi connectivity index (χ3n) is 2.73. The summed E-state index contributed by atoms with van der Waals surface area (Å²) >= 11 is 1.67. The first-order valence-corrected chi connectivity index (χ1v) is 7.05. The molecule has 0 spiro atoms. The minimum atomic E-state index is 0. The summed E-state index contributed by atoms with van der Waals surface area (Å²) in [4.78, 5) is 4.51. The van der Waals surface area contributed by atoms with Gasteiger partial charge in [-0.05, 0) is 17.7 Å². The summed E-state index contributed by atoms with van der Waals surface area (Å²) in [6.45, 7) is 0. The molecule has 3 nitrogen and oxygen atoms in total. The lowest BCUT2D eigenvalue weighted by Gasteiger charge is -2.14. The molecule has 1 N–H and O–H groups in total. The van der Waals surface area contributed by atoms with Crippen LogP contribution < -0.4 is 5.43 Å². The van der Waals surface area contributed by atoms with Gasteiger partial charge < -0.3 is 0 Å². The van der Waals surface area contributed by atoms with Gasteiger partial charge in [-0.3, -0.25) is 5.43 Å². The van der Waals surface area contributed by atoms with Crippen LogP contribution in [0.25, 0.3) is 0 Å². The summed E-state index contributed by atoms with van der Waals surface area (Å²) in [5, 5.41) is 5.23. The Kier molecular flexibility index (Phi) is 5.38. The van der Waals surface area contributed by atoms with E-state index >= 15 is 0 Å². The van der Waals surface area contributed by atoms with E-state index in [1.807, 2.05) is 48.5 Å². The first kappa shape index (κ1) is 14.8. The molecule has 3 rings (SSSR count). The van der Waals surface area contributed by atoms with E-state index in [1.165, 1.54) is 0 Å². The van der Waals surface area contributed by atoms with Crippen molar-refractivity contribution >= 4 is 45.3 Å². The second kappa shape index (κ2) is 7.26. The van der Waals surface area contributed by atoms with Gasteiger partial charge in [0.2, 0.25) is 0 Å². The number of halogens is 1. The largest absolute Gasteiger partial charge is 0.255 e. The van der Waals surface area contributed by atoms with Gasteiger partial charge in [0.15, 0.2) is 5.17 Å². The Hall–Kier alpha value is -1.59. The molecule has 0 aliphatic carbocycles. The smallest absolute Gasteiger partial charge is 0.182 e. The number of hydrogen-bond acceptors (Lipinski definition) is 3. The van der Waals surface area contributed by atoms with E-state index in [0.29, 0.717) is 0 Å². The molecule has 1 heterocycles. The van der Waals surface area contributed by atoms with Gasteiger partial charge in [0.05, 0.1) is 11.4 Å². The van der Waals surface area contributed by atoms with Crippen LogP contribution in [0.2, 0.25) is 0 Å². The van der Waals surface area contributed by atoms with Crippen molar-refractivity contribution in [1.82, 2.24) is 5.43 Å². The second-order valence-electron chi connectivity index (χ2n) is 4.08. The number of rotatable bonds is 2. The molecule has 2 aromatic rings. The molecule has 0 saturated heterocycles. The summed E-state index contributed by atoms with van der Waals surface area (Å²) in [6, 6.07) is 20.1. The summed E-state index contributed by atoms with van der Waals surface area (Å²) in [5.74, 6) is 0.836. The fourth-order valence-electron chi connectivity index (χ4n) is 1.77. The van der Waals surface area contributed by atoms with Crippen molar-refractivity contribution in [3.63, 3.8) is 0 Å². The molecule has 2 aromatic carbocycles. The number of nitrogens with one attached hydrogen (secondary N) is 1. The molecule has 0 atom stereocenters. The molecule has 20 heavy (non-hydrogen) atoms. The lowest BCUT2D eigenvalue weighted by Crippen LogP contribution is -2.25. The first-order valence-electron chi connectivity index (χ1n) is 6.06. The molecule has 0 bridgehead atoms. The monoisotopic (exact) mass is 347 g/mol. The number of benzene rings is 2. The summed E-state index contributed by atoms with van der Waals surface area (Å²) in [5.41, 5.74) is 6.16. The van der Waals surface area contributed by atoms with Gasteiger partial charge in [0.1, 0.15) is 0 Å². The van der Waals surface area contributed by atoms with Gasteiger partial charge in [-0.2, -0.15) is 5.10 Å². The molecular formula is C15H14BrN3S. The lowest BCUT2D eigenvalue weighted by molar-refractivity contribution is 1.03. The number of hydrogen-bond donors (Lipinski definition) is 1. The maximum atomic E-state index is 4.51. The number of aliphatic imine (C=N–C) groups is 1. The van der Waals surface area contributed by atoms with Crippen LogP contribution in [-0.2, 0) is 0 Å². The molecule has 0 radical (unpaired) electrons. The van der Waals surface area contributed by atoms with Crippen LogP contribution in [-0.4, -0.2) is 16.6 Å². The minimum Gasteiger partial charge on any atom is -0.255 e. The molecule has 0 unspecified atom stereocenters. The van der Waals surface area contributed by atoms with E-state index in [0.717, 1.165) is 27.9 Å². The normalized spacial score (nSPS) is 16.0. The van der Waals surface area contributed by atoms with Crippen molar-refractivity contribution in [3.05, 3.63) is 66.2 Å². The fraction of sp³-hybridized carbons (Fsp3) is 0.0667. The molecule has 1 aliphatic heterocycles. The summed E-state index contributed by atoms with van der Waals surface area (Å²) in [7, 11) is 0. The van der Waals surface area contributed by atoms with E-state index in [-0.39, 0.29) is 17.0 Å². The Balaban J connectivity index is 0.00000147. The Labute approximate surface area is 133 Å². The van der Waals surface area contributed by atoms with Crippen LogP contribution >= 0.6 is 28.7 Å². The highest BCUT2D eigenvalue weighted by Crippen LogP contribution is 2.17. The van der Waals surface area contributed by atoms with Crippen LogP contribution in [0.3, 0.4) is 0 Å². The van der Waals surface area contributed by atoms with Gasteiger partial charge >= 0.3 is 0 Å². The Morgan fingerprint density at radius 2 is 1.60 bits per heavy atom. The third kappa shape index (κ3) is 3.71. The summed E-state index contributed by atoms with van der Waals surface area (Å²) < 4.78 is 0. The minimum absolute atomic E-state index is 0. The van der Waals surface area contributed by atoms with E-state index in [1.54, 1.807) is 11.8 Å². The SMILES string of the molecule is Br.c1ccc(N=C2NN=C(c3ccccc3)CS2)cc1. The van der Waals surface area contributed by atoms with Gasteiger partial charge in [0, 0.05) is 5.75 Å². The van der Waals surface area contributed by atoms with Crippen LogP contribution in [0.1, 0.15) is 5.56 Å². The Morgan fingerprint density at radius 1 is 0.950 bits per heavy atom. The summed E-state index contributed by atoms with van der Waals surface area (Å²) in [6.07, 6.45) is 0. The number of nitrogens with zero attached hydrogens (tertiary/aromatic N) is 2. The number of hydrazone groups is 1. The molecule has 1 aliphatic rings. The van der Waals surface area contributed by atoms with E-state index in [9.17, 15) is 0 Å². The standard InChI is InChI=1S/C15H13N3S.BrH/c1-3-7-12(8-4-1)14-11-19-15(18-17-14)16-13-9-5-2-6-10-13;/h1-10H,11H2,(H,16,18);1H. The van der Waals surface area contributed by atoms with Crippen molar-refractivity contribution in [2.45, 2.75) is 0 Å². The fourth-order valence-corrected chi connectivity index (χ4v) is 2.56. The molecule has 0 saturated carbocycles. The zero-order valence-electron chi connectivity index (χ0n) is 10.7. The number of thioether (sulfide) groups is 1. The van der Waals surface area contributed by atoms with Crippen LogP contribution in [0.15, 0.2) is 70.8 Å². The molecule has 5 heteroatoms.